The van der Waals surface area contributed by atoms with Gasteiger partial charge in [-0.25, -0.2) is 4.39 Å². The maximum absolute atomic E-state index is 13.7. The van der Waals surface area contributed by atoms with E-state index in [9.17, 15) is 22.4 Å². The van der Waals surface area contributed by atoms with Gasteiger partial charge in [0.05, 0.1) is 11.1 Å². The molecule has 1 aromatic rings. The van der Waals surface area contributed by atoms with Crippen molar-refractivity contribution in [1.82, 2.24) is 4.90 Å². The third-order valence-electron chi connectivity index (χ3n) is 3.98. The van der Waals surface area contributed by atoms with Crippen molar-refractivity contribution in [3.05, 3.63) is 35.1 Å². The zero-order chi connectivity index (χ0) is 15.8. The Morgan fingerprint density at radius 3 is 2.52 bits per heavy atom. The van der Waals surface area contributed by atoms with Gasteiger partial charge in [-0.2, -0.15) is 13.2 Å². The van der Waals surface area contributed by atoms with Crippen LogP contribution in [0.1, 0.15) is 36.2 Å². The molecule has 0 saturated carbocycles. The highest BCUT2D eigenvalue weighted by molar-refractivity contribution is 5.94. The van der Waals surface area contributed by atoms with Crippen molar-refractivity contribution in [1.29, 1.82) is 0 Å². The first-order valence-corrected chi connectivity index (χ1v) is 6.86. The number of amides is 1. The molecule has 1 atom stereocenters. The molecule has 1 aliphatic rings. The second-order valence-corrected chi connectivity index (χ2v) is 5.74. The molecule has 1 fully saturated rings. The van der Waals surface area contributed by atoms with Gasteiger partial charge in [-0.05, 0) is 36.5 Å². The first kappa shape index (κ1) is 15.8. The molecule has 1 amide bonds. The predicted molar refractivity (Wildman–Crippen MR) is 70.3 cm³/mol. The van der Waals surface area contributed by atoms with Crippen LogP contribution >= 0.6 is 0 Å². The molecule has 6 heteroatoms. The molecule has 0 aromatic heterocycles. The smallest absolute Gasteiger partial charge is 0.338 e. The van der Waals surface area contributed by atoms with Gasteiger partial charge in [0.2, 0.25) is 0 Å². The summed E-state index contributed by atoms with van der Waals surface area (Å²) in [6.07, 6.45) is -3.79. The number of nitrogens with zero attached hydrogens (tertiary/aromatic N) is 1. The molecular weight excluding hydrogens is 286 g/mol. The van der Waals surface area contributed by atoms with Crippen molar-refractivity contribution in [2.45, 2.75) is 26.4 Å². The first-order chi connectivity index (χ1) is 9.70. The van der Waals surface area contributed by atoms with Crippen LogP contribution in [0.5, 0.6) is 0 Å². The Balaban J connectivity index is 2.24. The molecule has 0 N–H and O–H groups in total. The minimum absolute atomic E-state index is 0.308. The van der Waals surface area contributed by atoms with Crippen LogP contribution in [0.4, 0.5) is 17.6 Å². The molecule has 1 aromatic carbocycles. The largest absolute Gasteiger partial charge is 0.416 e. The van der Waals surface area contributed by atoms with Crippen LogP contribution in [-0.4, -0.2) is 23.9 Å². The Morgan fingerprint density at radius 1 is 1.33 bits per heavy atom. The van der Waals surface area contributed by atoms with Crippen LogP contribution in [-0.2, 0) is 6.18 Å². The minimum Gasteiger partial charge on any atom is -0.338 e. The second-order valence-electron chi connectivity index (χ2n) is 5.74. The molecule has 0 radical (unpaired) electrons. The number of likely N-dealkylation sites (tertiary alicyclic amines) is 1. The molecule has 116 valence electrons. The third kappa shape index (κ3) is 3.36. The normalized spacial score (nSPS) is 19.4. The van der Waals surface area contributed by atoms with Crippen molar-refractivity contribution in [2.75, 3.05) is 13.1 Å². The molecule has 0 spiro atoms. The first-order valence-electron chi connectivity index (χ1n) is 6.86. The summed E-state index contributed by atoms with van der Waals surface area (Å²) >= 11 is 0. The molecule has 1 saturated heterocycles. The van der Waals surface area contributed by atoms with Crippen molar-refractivity contribution in [2.24, 2.45) is 11.8 Å². The van der Waals surface area contributed by atoms with Crippen LogP contribution in [0.3, 0.4) is 0 Å². The van der Waals surface area contributed by atoms with E-state index in [1.807, 2.05) is 13.8 Å². The molecular formula is C15H17F4NO. The van der Waals surface area contributed by atoms with Crippen molar-refractivity contribution < 1.29 is 22.4 Å². The Labute approximate surface area is 120 Å². The van der Waals surface area contributed by atoms with Gasteiger partial charge in [-0.1, -0.05) is 13.8 Å². The average molecular weight is 303 g/mol. The van der Waals surface area contributed by atoms with Crippen LogP contribution in [0, 0.1) is 17.7 Å². The highest BCUT2D eigenvalue weighted by Gasteiger charge is 2.34. The number of hydrogen-bond donors (Lipinski definition) is 0. The van der Waals surface area contributed by atoms with Gasteiger partial charge in [-0.3, -0.25) is 4.79 Å². The molecule has 1 heterocycles. The Morgan fingerprint density at radius 2 is 2.00 bits per heavy atom. The van der Waals surface area contributed by atoms with Gasteiger partial charge in [0.15, 0.2) is 0 Å². The Bertz CT molecular complexity index is 539. The number of benzene rings is 1. The average Bonchev–Trinajstić information content (AvgIpc) is 2.86. The topological polar surface area (TPSA) is 20.3 Å². The summed E-state index contributed by atoms with van der Waals surface area (Å²) in [5, 5.41) is 0. The summed E-state index contributed by atoms with van der Waals surface area (Å²) in [4.78, 5) is 13.7. The van der Waals surface area contributed by atoms with Gasteiger partial charge in [0.1, 0.15) is 5.82 Å². The number of alkyl halides is 3. The fourth-order valence-electron chi connectivity index (χ4n) is 2.55. The molecule has 2 nitrogen and oxygen atoms in total. The standard InChI is InChI=1S/C15H17F4NO/c1-9(2)10-5-6-20(8-10)14(21)12-7-11(15(17,18)19)3-4-13(12)16/h3-4,7,9-10H,5-6,8H2,1-2H3. The lowest BCUT2D eigenvalue weighted by atomic mass is 9.95. The Hall–Kier alpha value is -1.59. The van der Waals surface area contributed by atoms with E-state index >= 15 is 0 Å². The van der Waals surface area contributed by atoms with E-state index in [-0.39, 0.29) is 0 Å². The number of carbonyl (C=O) groups is 1. The lowest BCUT2D eigenvalue weighted by Gasteiger charge is -2.19. The lowest BCUT2D eigenvalue weighted by Crippen LogP contribution is -2.30. The van der Waals surface area contributed by atoms with E-state index in [1.54, 1.807) is 0 Å². The van der Waals surface area contributed by atoms with E-state index in [1.165, 1.54) is 4.90 Å². The van der Waals surface area contributed by atoms with Gasteiger partial charge in [0, 0.05) is 13.1 Å². The van der Waals surface area contributed by atoms with E-state index < -0.39 is 29.0 Å². The molecule has 0 aliphatic carbocycles. The van der Waals surface area contributed by atoms with E-state index in [4.69, 9.17) is 0 Å². The van der Waals surface area contributed by atoms with Gasteiger partial charge >= 0.3 is 6.18 Å². The summed E-state index contributed by atoms with van der Waals surface area (Å²) in [5.41, 5.74) is -1.51. The number of halogens is 4. The highest BCUT2D eigenvalue weighted by Crippen LogP contribution is 2.31. The van der Waals surface area contributed by atoms with Crippen LogP contribution in [0.15, 0.2) is 18.2 Å². The van der Waals surface area contributed by atoms with Gasteiger partial charge in [0.25, 0.3) is 5.91 Å². The maximum atomic E-state index is 13.7. The highest BCUT2D eigenvalue weighted by atomic mass is 19.4. The third-order valence-corrected chi connectivity index (χ3v) is 3.98. The fourth-order valence-corrected chi connectivity index (χ4v) is 2.55. The molecule has 1 aliphatic heterocycles. The summed E-state index contributed by atoms with van der Waals surface area (Å²) in [6.45, 7) is 4.98. The molecule has 1 unspecified atom stereocenters. The zero-order valence-corrected chi connectivity index (χ0v) is 11.9. The molecule has 0 bridgehead atoms. The summed E-state index contributed by atoms with van der Waals surface area (Å²) in [5.74, 6) is -0.889. The number of hydrogen-bond acceptors (Lipinski definition) is 1. The summed E-state index contributed by atoms with van der Waals surface area (Å²) in [6, 6.07) is 1.94. The van der Waals surface area contributed by atoms with Gasteiger partial charge < -0.3 is 4.90 Å². The van der Waals surface area contributed by atoms with Crippen LogP contribution in [0.25, 0.3) is 0 Å². The summed E-state index contributed by atoms with van der Waals surface area (Å²) in [7, 11) is 0. The fraction of sp³-hybridized carbons (Fsp3) is 0.533. The van der Waals surface area contributed by atoms with Crippen molar-refractivity contribution in [3.63, 3.8) is 0 Å². The van der Waals surface area contributed by atoms with E-state index in [2.05, 4.69) is 0 Å². The van der Waals surface area contributed by atoms with Crippen LogP contribution < -0.4 is 0 Å². The maximum Gasteiger partial charge on any atom is 0.416 e. The predicted octanol–water partition coefficient (Wildman–Crippen LogP) is 3.96. The lowest BCUT2D eigenvalue weighted by molar-refractivity contribution is -0.137. The minimum atomic E-state index is -4.59. The quantitative estimate of drug-likeness (QED) is 0.757. The second kappa shape index (κ2) is 5.66. The van der Waals surface area contributed by atoms with E-state index in [0.717, 1.165) is 6.42 Å². The SMILES string of the molecule is CC(C)C1CCN(C(=O)c2cc(C(F)(F)F)ccc2F)C1. The van der Waals surface area contributed by atoms with Gasteiger partial charge in [-0.15, -0.1) is 0 Å². The molecule has 21 heavy (non-hydrogen) atoms. The monoisotopic (exact) mass is 303 g/mol. The number of rotatable bonds is 2. The van der Waals surface area contributed by atoms with Crippen molar-refractivity contribution in [3.8, 4) is 0 Å². The van der Waals surface area contributed by atoms with Crippen molar-refractivity contribution >= 4 is 5.91 Å². The summed E-state index contributed by atoms with van der Waals surface area (Å²) < 4.78 is 51.7. The van der Waals surface area contributed by atoms with Crippen LogP contribution in [0.2, 0.25) is 0 Å². The van der Waals surface area contributed by atoms with E-state index in [0.29, 0.717) is 43.1 Å². The zero-order valence-electron chi connectivity index (χ0n) is 11.9. The number of carbonyl (C=O) groups excluding carboxylic acids is 1. The Kier molecular flexibility index (Phi) is 4.25. The molecule has 2 rings (SSSR count).